The molecule has 1 N–H and O–H groups in total. The monoisotopic (exact) mass is 283 g/mol. The summed E-state index contributed by atoms with van der Waals surface area (Å²) in [6.07, 6.45) is 0. The molecular weight excluding hydrogens is 274 g/mol. The number of rotatable bonds is 3. The number of hydrogen-bond acceptors (Lipinski definition) is 3. The molecule has 0 saturated carbocycles. The van der Waals surface area contributed by atoms with Crippen LogP contribution in [0, 0.1) is 11.3 Å². The van der Waals surface area contributed by atoms with E-state index < -0.39 is 0 Å². The van der Waals surface area contributed by atoms with Crippen LogP contribution < -0.4 is 4.74 Å². The second kappa shape index (κ2) is 5.24. The van der Waals surface area contributed by atoms with Crippen molar-refractivity contribution in [1.82, 2.24) is 9.97 Å². The van der Waals surface area contributed by atoms with Gasteiger partial charge in [-0.1, -0.05) is 11.6 Å². The zero-order valence-electron chi connectivity index (χ0n) is 10.4. The minimum Gasteiger partial charge on any atom is -0.479 e. The smallest absolute Gasteiger partial charge is 0.174 e. The van der Waals surface area contributed by atoms with Crippen LogP contribution >= 0.6 is 11.6 Å². The molecule has 0 aliphatic heterocycles. The first-order valence-electron chi connectivity index (χ1n) is 6.02. The molecule has 0 spiro atoms. The van der Waals surface area contributed by atoms with E-state index in [-0.39, 0.29) is 6.61 Å². The van der Waals surface area contributed by atoms with E-state index in [1.807, 2.05) is 48.5 Å². The Hall–Kier alpha value is -2.51. The van der Waals surface area contributed by atoms with Gasteiger partial charge in [0, 0.05) is 10.6 Å². The quantitative estimate of drug-likeness (QED) is 0.795. The molecule has 20 heavy (non-hydrogen) atoms. The van der Waals surface area contributed by atoms with E-state index in [0.717, 1.165) is 22.4 Å². The molecule has 2 aromatic carbocycles. The van der Waals surface area contributed by atoms with Crippen molar-refractivity contribution in [3.63, 3.8) is 0 Å². The molecular formula is C15H10ClN3O. The van der Waals surface area contributed by atoms with E-state index in [9.17, 15) is 0 Å². The maximum Gasteiger partial charge on any atom is 0.174 e. The number of imidazole rings is 1. The lowest BCUT2D eigenvalue weighted by Crippen LogP contribution is -1.92. The maximum absolute atomic E-state index is 8.46. The van der Waals surface area contributed by atoms with Gasteiger partial charge in [-0.2, -0.15) is 5.26 Å². The molecule has 0 radical (unpaired) electrons. The van der Waals surface area contributed by atoms with E-state index in [4.69, 9.17) is 21.6 Å². The number of benzene rings is 2. The standard InChI is InChI=1S/C15H10ClN3O/c16-11-3-6-13-14(9-11)19-15(18-13)10-1-4-12(5-2-10)20-8-7-17/h1-6,9H,8H2,(H,18,19). The van der Waals surface area contributed by atoms with Crippen LogP contribution in [0.3, 0.4) is 0 Å². The molecule has 1 heterocycles. The van der Waals surface area contributed by atoms with Crippen LogP contribution in [0.25, 0.3) is 22.4 Å². The van der Waals surface area contributed by atoms with Gasteiger partial charge in [0.1, 0.15) is 17.6 Å². The average molecular weight is 284 g/mol. The molecule has 98 valence electrons. The van der Waals surface area contributed by atoms with Gasteiger partial charge in [0.05, 0.1) is 11.0 Å². The Morgan fingerprint density at radius 1 is 1.20 bits per heavy atom. The number of nitrogens with zero attached hydrogens (tertiary/aromatic N) is 2. The summed E-state index contributed by atoms with van der Waals surface area (Å²) in [5.74, 6) is 1.43. The highest BCUT2D eigenvalue weighted by atomic mass is 35.5. The molecule has 0 bridgehead atoms. The first kappa shape index (κ1) is 12.5. The number of nitriles is 1. The van der Waals surface area contributed by atoms with E-state index in [2.05, 4.69) is 9.97 Å². The molecule has 0 saturated heterocycles. The Morgan fingerprint density at radius 3 is 2.75 bits per heavy atom. The van der Waals surface area contributed by atoms with Crippen LogP contribution in [0.4, 0.5) is 0 Å². The first-order valence-corrected chi connectivity index (χ1v) is 6.39. The highest BCUT2D eigenvalue weighted by Crippen LogP contribution is 2.24. The van der Waals surface area contributed by atoms with Crippen molar-refractivity contribution < 1.29 is 4.74 Å². The van der Waals surface area contributed by atoms with Crippen molar-refractivity contribution in [2.75, 3.05) is 6.61 Å². The predicted octanol–water partition coefficient (Wildman–Crippen LogP) is 3.79. The van der Waals surface area contributed by atoms with Gasteiger partial charge in [-0.05, 0) is 42.5 Å². The number of ether oxygens (including phenoxy) is 1. The van der Waals surface area contributed by atoms with Crippen LogP contribution in [-0.2, 0) is 0 Å². The van der Waals surface area contributed by atoms with Crippen molar-refractivity contribution >= 4 is 22.6 Å². The maximum atomic E-state index is 8.46. The Bertz CT molecular complexity index is 787. The Morgan fingerprint density at radius 2 is 2.00 bits per heavy atom. The Balaban J connectivity index is 1.92. The van der Waals surface area contributed by atoms with Crippen molar-refractivity contribution in [1.29, 1.82) is 5.26 Å². The van der Waals surface area contributed by atoms with E-state index in [1.54, 1.807) is 0 Å². The SMILES string of the molecule is N#CCOc1ccc(-c2nc3ccc(Cl)cc3[nH]2)cc1. The molecule has 1 aromatic heterocycles. The van der Waals surface area contributed by atoms with Crippen LogP contribution in [0.5, 0.6) is 5.75 Å². The third-order valence-corrected chi connectivity index (χ3v) is 3.11. The summed E-state index contributed by atoms with van der Waals surface area (Å²) in [5.41, 5.74) is 2.72. The summed E-state index contributed by atoms with van der Waals surface area (Å²) in [6, 6.07) is 14.9. The lowest BCUT2D eigenvalue weighted by Gasteiger charge is -2.01. The van der Waals surface area contributed by atoms with Crippen molar-refractivity contribution in [3.8, 4) is 23.2 Å². The van der Waals surface area contributed by atoms with Crippen molar-refractivity contribution in [2.45, 2.75) is 0 Å². The predicted molar refractivity (Wildman–Crippen MR) is 77.6 cm³/mol. The van der Waals surface area contributed by atoms with Gasteiger partial charge in [-0.25, -0.2) is 4.98 Å². The number of fused-ring (bicyclic) bond motifs is 1. The van der Waals surface area contributed by atoms with Gasteiger partial charge in [0.15, 0.2) is 6.61 Å². The molecule has 0 fully saturated rings. The number of nitrogens with one attached hydrogen (secondary N) is 1. The molecule has 4 nitrogen and oxygen atoms in total. The summed E-state index contributed by atoms with van der Waals surface area (Å²) in [7, 11) is 0. The summed E-state index contributed by atoms with van der Waals surface area (Å²) in [5, 5.41) is 9.14. The summed E-state index contributed by atoms with van der Waals surface area (Å²) >= 11 is 5.95. The van der Waals surface area contributed by atoms with Crippen molar-refractivity contribution in [2.24, 2.45) is 0 Å². The van der Waals surface area contributed by atoms with Gasteiger partial charge in [0.25, 0.3) is 0 Å². The third-order valence-electron chi connectivity index (χ3n) is 2.88. The fourth-order valence-electron chi connectivity index (χ4n) is 1.94. The molecule has 3 aromatic rings. The number of aromatic amines is 1. The van der Waals surface area contributed by atoms with E-state index in [1.165, 1.54) is 0 Å². The highest BCUT2D eigenvalue weighted by Gasteiger charge is 2.06. The third kappa shape index (κ3) is 2.44. The molecule has 0 unspecified atom stereocenters. The fraction of sp³-hybridized carbons (Fsp3) is 0.0667. The molecule has 0 atom stereocenters. The molecule has 5 heteroatoms. The van der Waals surface area contributed by atoms with Crippen LogP contribution in [0.1, 0.15) is 0 Å². The second-order valence-electron chi connectivity index (χ2n) is 4.22. The van der Waals surface area contributed by atoms with Crippen LogP contribution in [0.2, 0.25) is 5.02 Å². The normalized spacial score (nSPS) is 10.4. The number of aromatic nitrogens is 2. The number of halogens is 1. The van der Waals surface area contributed by atoms with E-state index in [0.29, 0.717) is 10.8 Å². The minimum absolute atomic E-state index is 0.0441. The summed E-state index contributed by atoms with van der Waals surface area (Å²) < 4.78 is 5.21. The summed E-state index contributed by atoms with van der Waals surface area (Å²) in [4.78, 5) is 7.74. The van der Waals surface area contributed by atoms with Gasteiger partial charge in [-0.15, -0.1) is 0 Å². The number of H-pyrrole nitrogens is 1. The molecule has 0 aliphatic carbocycles. The van der Waals surface area contributed by atoms with Gasteiger partial charge in [-0.3, -0.25) is 0 Å². The fourth-order valence-corrected chi connectivity index (χ4v) is 2.12. The zero-order chi connectivity index (χ0) is 13.9. The topological polar surface area (TPSA) is 61.7 Å². The largest absolute Gasteiger partial charge is 0.479 e. The second-order valence-corrected chi connectivity index (χ2v) is 4.65. The molecule has 3 rings (SSSR count). The number of hydrogen-bond donors (Lipinski definition) is 1. The zero-order valence-corrected chi connectivity index (χ0v) is 11.2. The first-order chi connectivity index (χ1) is 9.76. The van der Waals surface area contributed by atoms with Gasteiger partial charge in [0.2, 0.25) is 0 Å². The van der Waals surface area contributed by atoms with Gasteiger partial charge < -0.3 is 9.72 Å². The lowest BCUT2D eigenvalue weighted by molar-refractivity contribution is 0.368. The van der Waals surface area contributed by atoms with Crippen molar-refractivity contribution in [3.05, 3.63) is 47.5 Å². The molecule has 0 amide bonds. The summed E-state index contributed by atoms with van der Waals surface area (Å²) in [6.45, 7) is 0.0441. The van der Waals surface area contributed by atoms with Crippen LogP contribution in [-0.4, -0.2) is 16.6 Å². The van der Waals surface area contributed by atoms with Crippen LogP contribution in [0.15, 0.2) is 42.5 Å². The minimum atomic E-state index is 0.0441. The van der Waals surface area contributed by atoms with E-state index >= 15 is 0 Å². The Labute approximate surface area is 120 Å². The lowest BCUT2D eigenvalue weighted by atomic mass is 10.2. The van der Waals surface area contributed by atoms with Gasteiger partial charge >= 0.3 is 0 Å². The highest BCUT2D eigenvalue weighted by molar-refractivity contribution is 6.31. The molecule has 0 aliphatic rings. The Kier molecular flexibility index (Phi) is 3.28. The average Bonchev–Trinajstić information content (AvgIpc) is 2.88.